The lowest BCUT2D eigenvalue weighted by atomic mass is 10.2. The summed E-state index contributed by atoms with van der Waals surface area (Å²) in [4.78, 5) is 22.1. The maximum atomic E-state index is 11.0. The first-order chi connectivity index (χ1) is 8.04. The smallest absolute Gasteiger partial charge is 0.483 e. The zero-order valence-corrected chi connectivity index (χ0v) is 11.4. The summed E-state index contributed by atoms with van der Waals surface area (Å²) in [7, 11) is -2.46. The van der Waals surface area contributed by atoms with Crippen molar-refractivity contribution in [2.75, 3.05) is 0 Å². The van der Waals surface area contributed by atoms with Crippen molar-refractivity contribution in [1.82, 2.24) is 0 Å². The summed E-state index contributed by atoms with van der Waals surface area (Å²) in [5.74, 6) is -0.845. The molecule has 0 bridgehead atoms. The second-order valence-electron chi connectivity index (χ2n) is 3.60. The minimum absolute atomic E-state index is 0.422. The molecule has 0 spiro atoms. The van der Waals surface area contributed by atoms with Gasteiger partial charge in [-0.25, -0.2) is 0 Å². The first-order valence-corrected chi connectivity index (χ1v) is 6.98. The molecule has 4 nitrogen and oxygen atoms in total. The predicted octanol–water partition coefficient (Wildman–Crippen LogP) is 0.803. The zero-order chi connectivity index (χ0) is 12.8. The molecular weight excluding hydrogens is 236 g/mol. The van der Waals surface area contributed by atoms with E-state index in [9.17, 15) is 9.59 Å². The molecule has 0 aliphatic rings. The molecule has 92 valence electrons. The van der Waals surface area contributed by atoms with Crippen LogP contribution in [0.15, 0.2) is 24.3 Å². The van der Waals surface area contributed by atoms with Crippen LogP contribution in [0.1, 0.15) is 26.3 Å². The van der Waals surface area contributed by atoms with E-state index in [0.717, 1.165) is 17.2 Å². The fourth-order valence-electron chi connectivity index (χ4n) is 1.54. The molecule has 0 heterocycles. The van der Waals surface area contributed by atoms with E-state index in [2.05, 4.69) is 0 Å². The number of hydrogen-bond donors (Lipinski definition) is 0. The van der Waals surface area contributed by atoms with Crippen LogP contribution in [0.2, 0.25) is 0 Å². The molecule has 0 aromatic heterocycles. The highest BCUT2D eigenvalue weighted by atomic mass is 28.3. The van der Waals surface area contributed by atoms with E-state index in [0.29, 0.717) is 0 Å². The van der Waals surface area contributed by atoms with E-state index in [-0.39, 0.29) is 0 Å². The summed E-state index contributed by atoms with van der Waals surface area (Å²) < 4.78 is 10.3. The molecule has 0 aliphatic carbocycles. The lowest BCUT2D eigenvalue weighted by molar-refractivity contribution is -0.137. The first kappa shape index (κ1) is 13.4. The van der Waals surface area contributed by atoms with Gasteiger partial charge in [-0.2, -0.15) is 0 Å². The van der Waals surface area contributed by atoms with Crippen LogP contribution in [0, 0.1) is 0 Å². The van der Waals surface area contributed by atoms with Crippen LogP contribution in [0.5, 0.6) is 0 Å². The van der Waals surface area contributed by atoms with Crippen molar-refractivity contribution in [3.05, 3.63) is 29.8 Å². The molecule has 17 heavy (non-hydrogen) atoms. The third-order valence-corrected chi connectivity index (χ3v) is 4.40. The third-order valence-electron chi connectivity index (χ3n) is 2.24. The number of benzene rings is 1. The van der Waals surface area contributed by atoms with Gasteiger partial charge in [-0.1, -0.05) is 31.2 Å². The molecule has 0 aliphatic heterocycles. The quantitative estimate of drug-likeness (QED) is 0.744. The number of carbonyl (C=O) groups excluding carboxylic acids is 2. The van der Waals surface area contributed by atoms with E-state index in [1.807, 2.05) is 31.2 Å². The summed E-state index contributed by atoms with van der Waals surface area (Å²) in [6.45, 7) is 4.64. The van der Waals surface area contributed by atoms with Crippen molar-refractivity contribution in [2.24, 2.45) is 0 Å². The number of rotatable bonds is 4. The van der Waals surface area contributed by atoms with Crippen LogP contribution in [0.25, 0.3) is 0 Å². The molecule has 0 N–H and O–H groups in total. The Hall–Kier alpha value is -1.62. The van der Waals surface area contributed by atoms with Crippen molar-refractivity contribution < 1.29 is 18.4 Å². The molecule has 1 aromatic carbocycles. The van der Waals surface area contributed by atoms with Crippen molar-refractivity contribution in [1.29, 1.82) is 0 Å². The molecule has 0 fully saturated rings. The van der Waals surface area contributed by atoms with Gasteiger partial charge in [0.25, 0.3) is 11.9 Å². The Morgan fingerprint density at radius 3 is 2.12 bits per heavy atom. The molecule has 0 saturated carbocycles. The standard InChI is InChI=1S/C12H16O4Si/c1-4-11-7-5-6-8-12(11)17(15-9(2)13)16-10(3)14/h5-8,17H,4H2,1-3H3. The average Bonchev–Trinajstić information content (AvgIpc) is 2.27. The fourth-order valence-corrected chi connectivity index (χ4v) is 3.31. The minimum atomic E-state index is -2.46. The Morgan fingerprint density at radius 1 is 1.12 bits per heavy atom. The first-order valence-electron chi connectivity index (χ1n) is 5.46. The predicted molar refractivity (Wildman–Crippen MR) is 66.1 cm³/mol. The second-order valence-corrected chi connectivity index (χ2v) is 5.36. The second kappa shape index (κ2) is 6.20. The summed E-state index contributed by atoms with van der Waals surface area (Å²) in [6, 6.07) is 7.56. The Balaban J connectivity index is 3.02. The highest BCUT2D eigenvalue weighted by molar-refractivity contribution is 6.64. The largest absolute Gasteiger partial charge is 0.484 e. The van der Waals surface area contributed by atoms with Crippen LogP contribution >= 0.6 is 0 Å². The Morgan fingerprint density at radius 2 is 1.65 bits per heavy atom. The van der Waals surface area contributed by atoms with Crippen LogP contribution < -0.4 is 5.19 Å². The van der Waals surface area contributed by atoms with Gasteiger partial charge in [-0.15, -0.1) is 0 Å². The third kappa shape index (κ3) is 4.03. The van der Waals surface area contributed by atoms with Gasteiger partial charge in [0, 0.05) is 19.0 Å². The molecule has 0 atom stereocenters. The van der Waals surface area contributed by atoms with Gasteiger partial charge in [0.05, 0.1) is 0 Å². The maximum absolute atomic E-state index is 11.0. The molecular formula is C12H16O4Si. The van der Waals surface area contributed by atoms with Gasteiger partial charge in [-0.3, -0.25) is 9.59 Å². The molecule has 0 unspecified atom stereocenters. The van der Waals surface area contributed by atoms with Gasteiger partial charge in [-0.05, 0) is 12.0 Å². The van der Waals surface area contributed by atoms with E-state index in [1.54, 1.807) is 0 Å². The van der Waals surface area contributed by atoms with Gasteiger partial charge in [0.15, 0.2) is 0 Å². The molecule has 1 aromatic rings. The van der Waals surface area contributed by atoms with Crippen LogP contribution in [0.4, 0.5) is 0 Å². The number of hydrogen-bond acceptors (Lipinski definition) is 4. The molecule has 1 rings (SSSR count). The minimum Gasteiger partial charge on any atom is -0.484 e. The van der Waals surface area contributed by atoms with Crippen LogP contribution in [-0.2, 0) is 24.9 Å². The summed E-state index contributed by atoms with van der Waals surface area (Å²) in [6.07, 6.45) is 0.808. The zero-order valence-electron chi connectivity index (χ0n) is 10.2. The Bertz CT molecular complexity index is 401. The number of aryl methyl sites for hydroxylation is 1. The van der Waals surface area contributed by atoms with Crippen molar-refractivity contribution in [3.8, 4) is 0 Å². The van der Waals surface area contributed by atoms with E-state index in [4.69, 9.17) is 8.85 Å². The van der Waals surface area contributed by atoms with Gasteiger partial charge in [0.1, 0.15) is 0 Å². The lowest BCUT2D eigenvalue weighted by Gasteiger charge is -2.17. The summed E-state index contributed by atoms with van der Waals surface area (Å²) >= 11 is 0. The Labute approximate surface area is 102 Å². The van der Waals surface area contributed by atoms with E-state index >= 15 is 0 Å². The highest BCUT2D eigenvalue weighted by Crippen LogP contribution is 2.02. The maximum Gasteiger partial charge on any atom is 0.483 e. The van der Waals surface area contributed by atoms with E-state index in [1.165, 1.54) is 13.8 Å². The van der Waals surface area contributed by atoms with E-state index < -0.39 is 21.2 Å². The van der Waals surface area contributed by atoms with Gasteiger partial charge >= 0.3 is 9.28 Å². The van der Waals surface area contributed by atoms with Crippen molar-refractivity contribution >= 4 is 26.4 Å². The fraction of sp³-hybridized carbons (Fsp3) is 0.333. The molecule has 0 amide bonds. The SMILES string of the molecule is CCc1ccccc1[SiH](OC(C)=O)OC(C)=O. The van der Waals surface area contributed by atoms with Crippen molar-refractivity contribution in [3.63, 3.8) is 0 Å². The number of carbonyl (C=O) groups is 2. The molecule has 5 heteroatoms. The monoisotopic (exact) mass is 252 g/mol. The van der Waals surface area contributed by atoms with Gasteiger partial charge < -0.3 is 8.85 Å². The average molecular weight is 252 g/mol. The highest BCUT2D eigenvalue weighted by Gasteiger charge is 2.25. The molecule has 0 radical (unpaired) electrons. The van der Waals surface area contributed by atoms with Crippen LogP contribution in [-0.4, -0.2) is 21.2 Å². The summed E-state index contributed by atoms with van der Waals surface area (Å²) in [5, 5.41) is 0.848. The van der Waals surface area contributed by atoms with Crippen molar-refractivity contribution in [2.45, 2.75) is 27.2 Å². The topological polar surface area (TPSA) is 52.6 Å². The lowest BCUT2D eigenvalue weighted by Crippen LogP contribution is -2.41. The van der Waals surface area contributed by atoms with Crippen LogP contribution in [0.3, 0.4) is 0 Å². The normalized spacial score (nSPS) is 10.1. The molecule has 0 saturated heterocycles. The summed E-state index contributed by atoms with van der Waals surface area (Å²) in [5.41, 5.74) is 1.05. The van der Waals surface area contributed by atoms with Gasteiger partial charge in [0.2, 0.25) is 0 Å². The Kier molecular flexibility index (Phi) is 4.90.